The van der Waals surface area contributed by atoms with E-state index in [-0.39, 0.29) is 18.4 Å². The van der Waals surface area contributed by atoms with Crippen molar-refractivity contribution < 1.29 is 9.53 Å². The van der Waals surface area contributed by atoms with Crippen LogP contribution in [-0.2, 0) is 16.0 Å². The quantitative estimate of drug-likeness (QED) is 0.472. The summed E-state index contributed by atoms with van der Waals surface area (Å²) in [6.45, 7) is 4.23. The zero-order valence-electron chi connectivity index (χ0n) is 15.2. The van der Waals surface area contributed by atoms with Gasteiger partial charge in [0.2, 0.25) is 0 Å². The van der Waals surface area contributed by atoms with Crippen LogP contribution in [0.15, 0.2) is 47.8 Å². The molecule has 0 unspecified atom stereocenters. The minimum Gasteiger partial charge on any atom is -0.466 e. The summed E-state index contributed by atoms with van der Waals surface area (Å²) in [5, 5.41) is 11.8. The topological polar surface area (TPSA) is 63.2 Å². The van der Waals surface area contributed by atoms with Crippen molar-refractivity contribution in [2.24, 2.45) is 0 Å². The van der Waals surface area contributed by atoms with Crippen LogP contribution in [0.2, 0.25) is 0 Å². The Kier molecular flexibility index (Phi) is 6.36. The molecule has 1 heterocycles. The molecule has 3 rings (SSSR count). The summed E-state index contributed by atoms with van der Waals surface area (Å²) in [5.41, 5.74) is 1.85. The SMILES string of the molecule is CCOC(=O)Cc1csc(NC(=S)N[C@H](C)c2cccc3ccccc23)n1. The van der Waals surface area contributed by atoms with E-state index in [2.05, 4.69) is 52.9 Å². The van der Waals surface area contributed by atoms with Crippen molar-refractivity contribution in [1.82, 2.24) is 10.3 Å². The fourth-order valence-corrected chi connectivity index (χ4v) is 3.89. The Morgan fingerprint density at radius 2 is 2.04 bits per heavy atom. The summed E-state index contributed by atoms with van der Waals surface area (Å²) < 4.78 is 4.94. The standard InChI is InChI=1S/C20H21N3O2S2/c1-3-25-18(24)11-15-12-27-20(22-15)23-19(26)21-13(2)16-10-6-8-14-7-4-5-9-17(14)16/h4-10,12-13H,3,11H2,1-2H3,(H2,21,22,23,26)/t13-/m1/s1. The van der Waals surface area contributed by atoms with E-state index in [4.69, 9.17) is 17.0 Å². The highest BCUT2D eigenvalue weighted by molar-refractivity contribution is 7.80. The Bertz CT molecular complexity index is 950. The number of carbonyl (C=O) groups excluding carboxylic acids is 1. The Hall–Kier alpha value is -2.51. The predicted octanol–water partition coefficient (Wildman–Crippen LogP) is 4.45. The second-order valence-corrected chi connectivity index (χ2v) is 7.28. The number of thiazole rings is 1. The fourth-order valence-electron chi connectivity index (χ4n) is 2.84. The number of benzene rings is 2. The molecule has 1 atom stereocenters. The molecule has 0 aliphatic rings. The molecular weight excluding hydrogens is 378 g/mol. The molecule has 140 valence electrons. The number of aromatic nitrogens is 1. The van der Waals surface area contributed by atoms with Crippen LogP contribution >= 0.6 is 23.6 Å². The summed E-state index contributed by atoms with van der Waals surface area (Å²) in [7, 11) is 0. The lowest BCUT2D eigenvalue weighted by Gasteiger charge is -2.18. The van der Waals surface area contributed by atoms with Gasteiger partial charge >= 0.3 is 5.97 Å². The number of hydrogen-bond acceptors (Lipinski definition) is 5. The third-order valence-electron chi connectivity index (χ3n) is 4.04. The first-order chi connectivity index (χ1) is 13.1. The van der Waals surface area contributed by atoms with Crippen molar-refractivity contribution in [3.8, 4) is 0 Å². The maximum absolute atomic E-state index is 11.5. The zero-order chi connectivity index (χ0) is 19.2. The molecule has 5 nitrogen and oxygen atoms in total. The number of nitrogens with one attached hydrogen (secondary N) is 2. The summed E-state index contributed by atoms with van der Waals surface area (Å²) in [5.74, 6) is -0.278. The van der Waals surface area contributed by atoms with Gasteiger partial charge < -0.3 is 15.4 Å². The molecule has 0 saturated carbocycles. The number of rotatable bonds is 6. The molecule has 2 N–H and O–H groups in total. The Morgan fingerprint density at radius 3 is 2.85 bits per heavy atom. The van der Waals surface area contributed by atoms with Crippen LogP contribution in [0, 0.1) is 0 Å². The van der Waals surface area contributed by atoms with E-state index in [1.807, 2.05) is 17.5 Å². The molecule has 1 aromatic heterocycles. The largest absolute Gasteiger partial charge is 0.466 e. The van der Waals surface area contributed by atoms with Gasteiger partial charge in [0.25, 0.3) is 0 Å². The molecule has 0 spiro atoms. The molecule has 0 saturated heterocycles. The smallest absolute Gasteiger partial charge is 0.311 e. The average Bonchev–Trinajstić information content (AvgIpc) is 3.07. The van der Waals surface area contributed by atoms with E-state index in [9.17, 15) is 4.79 Å². The van der Waals surface area contributed by atoms with Crippen molar-refractivity contribution in [2.45, 2.75) is 26.3 Å². The first-order valence-electron chi connectivity index (χ1n) is 8.72. The maximum Gasteiger partial charge on any atom is 0.311 e. The summed E-state index contributed by atoms with van der Waals surface area (Å²) in [6.07, 6.45) is 0.165. The highest BCUT2D eigenvalue weighted by atomic mass is 32.1. The molecule has 7 heteroatoms. The zero-order valence-corrected chi connectivity index (χ0v) is 16.8. The van der Waals surface area contributed by atoms with Crippen molar-refractivity contribution in [3.63, 3.8) is 0 Å². The second kappa shape index (κ2) is 8.92. The number of hydrogen-bond donors (Lipinski definition) is 2. The van der Waals surface area contributed by atoms with E-state index in [1.165, 1.54) is 27.7 Å². The molecule has 2 aromatic carbocycles. The van der Waals surface area contributed by atoms with Gasteiger partial charge in [-0.2, -0.15) is 0 Å². The van der Waals surface area contributed by atoms with Gasteiger partial charge in [-0.3, -0.25) is 4.79 Å². The van der Waals surface area contributed by atoms with Crippen molar-refractivity contribution in [3.05, 3.63) is 59.1 Å². The third kappa shape index (κ3) is 5.02. The number of esters is 1. The van der Waals surface area contributed by atoms with Crippen LogP contribution in [0.5, 0.6) is 0 Å². The van der Waals surface area contributed by atoms with E-state index in [0.29, 0.717) is 22.5 Å². The predicted molar refractivity (Wildman–Crippen MR) is 114 cm³/mol. The molecule has 0 aliphatic carbocycles. The van der Waals surface area contributed by atoms with Gasteiger partial charge in [0.15, 0.2) is 10.2 Å². The van der Waals surface area contributed by atoms with Crippen LogP contribution < -0.4 is 10.6 Å². The molecule has 0 radical (unpaired) electrons. The second-order valence-electron chi connectivity index (χ2n) is 6.01. The number of carbonyl (C=O) groups is 1. The molecule has 0 fully saturated rings. The molecule has 27 heavy (non-hydrogen) atoms. The summed E-state index contributed by atoms with van der Waals surface area (Å²) in [6, 6.07) is 14.6. The van der Waals surface area contributed by atoms with Gasteiger partial charge in [-0.1, -0.05) is 42.5 Å². The molecular formula is C20H21N3O2S2. The molecule has 0 bridgehead atoms. The number of ether oxygens (including phenoxy) is 1. The van der Waals surface area contributed by atoms with Crippen molar-refractivity contribution >= 4 is 50.5 Å². The first kappa shape index (κ1) is 19.3. The molecule has 0 amide bonds. The molecule has 0 aliphatic heterocycles. The summed E-state index contributed by atoms with van der Waals surface area (Å²) in [4.78, 5) is 15.9. The van der Waals surface area contributed by atoms with Gasteiger partial charge in [0.1, 0.15) is 0 Å². The van der Waals surface area contributed by atoms with Crippen LogP contribution in [0.4, 0.5) is 5.13 Å². The van der Waals surface area contributed by atoms with E-state index in [1.54, 1.807) is 6.92 Å². The number of fused-ring (bicyclic) bond motifs is 1. The fraction of sp³-hybridized carbons (Fsp3) is 0.250. The van der Waals surface area contributed by atoms with Gasteiger partial charge in [-0.15, -0.1) is 11.3 Å². The normalized spacial score (nSPS) is 11.8. The van der Waals surface area contributed by atoms with E-state index < -0.39 is 0 Å². The Morgan fingerprint density at radius 1 is 1.26 bits per heavy atom. The van der Waals surface area contributed by atoms with Crippen LogP contribution in [-0.4, -0.2) is 22.7 Å². The lowest BCUT2D eigenvalue weighted by Crippen LogP contribution is -2.31. The average molecular weight is 400 g/mol. The minimum atomic E-state index is -0.278. The maximum atomic E-state index is 11.5. The lowest BCUT2D eigenvalue weighted by molar-refractivity contribution is -0.142. The number of anilines is 1. The van der Waals surface area contributed by atoms with E-state index >= 15 is 0 Å². The molecule has 3 aromatic rings. The van der Waals surface area contributed by atoms with Crippen LogP contribution in [0.1, 0.15) is 31.1 Å². The third-order valence-corrected chi connectivity index (χ3v) is 5.07. The summed E-state index contributed by atoms with van der Waals surface area (Å²) >= 11 is 6.83. The van der Waals surface area contributed by atoms with Crippen LogP contribution in [0.3, 0.4) is 0 Å². The first-order valence-corrected chi connectivity index (χ1v) is 10.0. The number of nitrogens with zero attached hydrogens (tertiary/aromatic N) is 1. The van der Waals surface area contributed by atoms with Gasteiger partial charge in [0, 0.05) is 5.38 Å². The van der Waals surface area contributed by atoms with Crippen LogP contribution in [0.25, 0.3) is 10.8 Å². The Labute approximate surface area is 167 Å². The minimum absolute atomic E-state index is 0.0371. The van der Waals surface area contributed by atoms with Crippen molar-refractivity contribution in [2.75, 3.05) is 11.9 Å². The highest BCUT2D eigenvalue weighted by Gasteiger charge is 2.12. The van der Waals surface area contributed by atoms with E-state index in [0.717, 1.165) is 0 Å². The van der Waals surface area contributed by atoms with Gasteiger partial charge in [0.05, 0.1) is 24.8 Å². The van der Waals surface area contributed by atoms with Crippen molar-refractivity contribution in [1.29, 1.82) is 0 Å². The Balaban J connectivity index is 1.62. The van der Waals surface area contributed by atoms with Gasteiger partial charge in [-0.25, -0.2) is 4.98 Å². The monoisotopic (exact) mass is 399 g/mol. The highest BCUT2D eigenvalue weighted by Crippen LogP contribution is 2.24. The lowest BCUT2D eigenvalue weighted by atomic mass is 10.00. The van der Waals surface area contributed by atoms with Gasteiger partial charge in [-0.05, 0) is 42.4 Å². The number of thiocarbonyl (C=S) groups is 1.